The van der Waals surface area contributed by atoms with Crippen LogP contribution in [0.4, 0.5) is 19.0 Å². The van der Waals surface area contributed by atoms with Crippen LogP contribution in [0, 0.1) is 11.3 Å². The average Bonchev–Trinajstić information content (AvgIpc) is 3.30. The summed E-state index contributed by atoms with van der Waals surface area (Å²) >= 11 is 0. The van der Waals surface area contributed by atoms with Gasteiger partial charge in [-0.3, -0.25) is 9.59 Å². The number of H-pyrrole nitrogens is 1. The maximum Gasteiger partial charge on any atom is 0.425 e. The van der Waals surface area contributed by atoms with Crippen molar-refractivity contribution in [1.29, 1.82) is 5.26 Å². The van der Waals surface area contributed by atoms with E-state index in [4.69, 9.17) is 19.5 Å². The third kappa shape index (κ3) is 5.92. The Morgan fingerprint density at radius 2 is 1.94 bits per heavy atom. The highest BCUT2D eigenvalue weighted by Gasteiger charge is 2.40. The van der Waals surface area contributed by atoms with Crippen LogP contribution in [0.1, 0.15) is 17.5 Å². The van der Waals surface area contributed by atoms with E-state index in [0.29, 0.717) is 31.7 Å². The van der Waals surface area contributed by atoms with Crippen molar-refractivity contribution in [3.8, 4) is 11.8 Å². The molecule has 0 radical (unpaired) electrons. The molecule has 0 aromatic carbocycles. The zero-order valence-electron chi connectivity index (χ0n) is 19.0. The van der Waals surface area contributed by atoms with E-state index in [1.54, 1.807) is 22.1 Å². The van der Waals surface area contributed by atoms with Crippen molar-refractivity contribution >= 4 is 11.7 Å². The Hall–Kier alpha value is -3.70. The van der Waals surface area contributed by atoms with E-state index in [2.05, 4.69) is 10.1 Å². The van der Waals surface area contributed by atoms with Gasteiger partial charge >= 0.3 is 6.18 Å². The van der Waals surface area contributed by atoms with Crippen LogP contribution < -0.4 is 15.2 Å². The van der Waals surface area contributed by atoms with Crippen LogP contribution in [0.25, 0.3) is 0 Å². The van der Waals surface area contributed by atoms with E-state index in [-0.39, 0.29) is 32.1 Å². The van der Waals surface area contributed by atoms with E-state index in [1.807, 2.05) is 11.0 Å². The second-order valence-corrected chi connectivity index (χ2v) is 8.17. The summed E-state index contributed by atoms with van der Waals surface area (Å²) < 4.78 is 56.1. The van der Waals surface area contributed by atoms with Crippen LogP contribution in [-0.4, -0.2) is 84.2 Å². The predicted molar refractivity (Wildman–Crippen MR) is 117 cm³/mol. The molecular weight excluding hydrogens is 485 g/mol. The highest BCUT2D eigenvalue weighted by molar-refractivity contribution is 5.76. The number of aromatic nitrogens is 3. The standard InChI is InChI=1S/C22H23F3N6O5/c23-22(24,25)20-15(11-28-29-21(20)33)36-17-13-34-12-16(17)35-8-3-19(32)31-6-4-30(5-7-31)18-2-1-14(9-26)10-27-18/h1-2,10-11,16-17H,3-8,12-13H2,(H,29,33)/t16-,17+/m1/s1. The van der Waals surface area contributed by atoms with Gasteiger partial charge in [0.2, 0.25) is 5.91 Å². The summed E-state index contributed by atoms with van der Waals surface area (Å²) in [5, 5.41) is 14.0. The molecule has 36 heavy (non-hydrogen) atoms. The van der Waals surface area contributed by atoms with Gasteiger partial charge < -0.3 is 24.0 Å². The number of alkyl halides is 3. The van der Waals surface area contributed by atoms with Crippen molar-refractivity contribution < 1.29 is 32.2 Å². The van der Waals surface area contributed by atoms with E-state index < -0.39 is 35.3 Å². The third-order valence-corrected chi connectivity index (χ3v) is 5.84. The summed E-state index contributed by atoms with van der Waals surface area (Å²) in [5.74, 6) is -0.0842. The topological polar surface area (TPSA) is 134 Å². The number of ether oxygens (including phenoxy) is 3. The van der Waals surface area contributed by atoms with Gasteiger partial charge in [-0.05, 0) is 12.1 Å². The average molecular weight is 508 g/mol. The number of nitrogens with zero attached hydrogens (tertiary/aromatic N) is 5. The van der Waals surface area contributed by atoms with E-state index in [9.17, 15) is 22.8 Å². The number of anilines is 1. The molecule has 0 spiro atoms. The molecule has 1 N–H and O–H groups in total. The van der Waals surface area contributed by atoms with Crippen LogP contribution in [0.2, 0.25) is 0 Å². The number of amides is 1. The lowest BCUT2D eigenvalue weighted by molar-refractivity contribution is -0.141. The molecule has 2 aliphatic heterocycles. The fourth-order valence-electron chi connectivity index (χ4n) is 3.96. The fourth-order valence-corrected chi connectivity index (χ4v) is 3.96. The number of pyridine rings is 1. The summed E-state index contributed by atoms with van der Waals surface area (Å²) in [7, 11) is 0. The number of nitriles is 1. The summed E-state index contributed by atoms with van der Waals surface area (Å²) in [6.07, 6.45) is -4.15. The minimum Gasteiger partial charge on any atom is -0.483 e. The Bertz CT molecular complexity index is 1160. The zero-order valence-corrected chi connectivity index (χ0v) is 19.0. The van der Waals surface area contributed by atoms with E-state index in [0.717, 1.165) is 12.0 Å². The monoisotopic (exact) mass is 508 g/mol. The molecule has 2 fully saturated rings. The first-order valence-electron chi connectivity index (χ1n) is 11.2. The first-order chi connectivity index (χ1) is 17.3. The summed E-state index contributed by atoms with van der Waals surface area (Å²) in [6, 6.07) is 5.48. The number of carbonyl (C=O) groups excluding carboxylic acids is 1. The lowest BCUT2D eigenvalue weighted by Crippen LogP contribution is -2.49. The lowest BCUT2D eigenvalue weighted by Gasteiger charge is -2.35. The summed E-state index contributed by atoms with van der Waals surface area (Å²) in [4.78, 5) is 32.2. The zero-order chi connectivity index (χ0) is 25.7. The fraction of sp³-hybridized carbons (Fsp3) is 0.500. The van der Waals surface area contributed by atoms with Crippen molar-refractivity contribution in [2.24, 2.45) is 0 Å². The largest absolute Gasteiger partial charge is 0.483 e. The molecule has 4 heterocycles. The van der Waals surface area contributed by atoms with E-state index in [1.165, 1.54) is 6.20 Å². The maximum atomic E-state index is 13.2. The molecular formula is C22H23F3N6O5. The molecule has 0 unspecified atom stereocenters. The molecule has 4 rings (SSSR count). The van der Waals surface area contributed by atoms with E-state index >= 15 is 0 Å². The molecule has 14 heteroatoms. The van der Waals surface area contributed by atoms with Gasteiger partial charge in [-0.15, -0.1) is 0 Å². The van der Waals surface area contributed by atoms with Crippen LogP contribution in [-0.2, 0) is 20.4 Å². The van der Waals surface area contributed by atoms with Crippen molar-refractivity contribution in [1.82, 2.24) is 20.1 Å². The summed E-state index contributed by atoms with van der Waals surface area (Å²) in [6.45, 7) is 2.24. The molecule has 0 aliphatic carbocycles. The molecule has 2 aliphatic rings. The number of piperazine rings is 1. The van der Waals surface area contributed by atoms with Crippen LogP contribution >= 0.6 is 0 Å². The third-order valence-electron chi connectivity index (χ3n) is 5.84. The quantitative estimate of drug-likeness (QED) is 0.580. The van der Waals surface area contributed by atoms with Crippen molar-refractivity contribution in [2.75, 3.05) is 50.9 Å². The second-order valence-electron chi connectivity index (χ2n) is 8.17. The lowest BCUT2D eigenvalue weighted by atomic mass is 10.2. The van der Waals surface area contributed by atoms with Gasteiger partial charge in [-0.2, -0.15) is 23.5 Å². The Kier molecular flexibility index (Phi) is 7.70. The molecule has 2 atom stereocenters. The first kappa shape index (κ1) is 25.4. The maximum absolute atomic E-state index is 13.2. The van der Waals surface area contributed by atoms with Crippen molar-refractivity contribution in [2.45, 2.75) is 24.8 Å². The van der Waals surface area contributed by atoms with Crippen LogP contribution in [0.15, 0.2) is 29.3 Å². The normalized spacial score (nSPS) is 20.3. The molecule has 0 bridgehead atoms. The predicted octanol–water partition coefficient (Wildman–Crippen LogP) is 0.957. The first-order valence-corrected chi connectivity index (χ1v) is 11.2. The van der Waals surface area contributed by atoms with Gasteiger partial charge in [0.05, 0.1) is 38.0 Å². The molecule has 1 amide bonds. The SMILES string of the molecule is N#Cc1ccc(N2CCN(C(=O)CCO[C@@H]3COC[C@@H]3Oc3cn[nH]c(=O)c3C(F)(F)F)CC2)nc1. The second kappa shape index (κ2) is 10.9. The molecule has 192 valence electrons. The molecule has 0 saturated carbocycles. The Labute approximate surface area is 203 Å². The van der Waals surface area contributed by atoms with Crippen LogP contribution in [0.5, 0.6) is 5.75 Å². The number of aromatic amines is 1. The van der Waals surface area contributed by atoms with Gasteiger partial charge in [0.1, 0.15) is 18.0 Å². The highest BCUT2D eigenvalue weighted by atomic mass is 19.4. The van der Waals surface area contributed by atoms with Gasteiger partial charge in [0, 0.05) is 32.4 Å². The Morgan fingerprint density at radius 3 is 2.61 bits per heavy atom. The number of rotatable bonds is 7. The van der Waals surface area contributed by atoms with Gasteiger partial charge in [-0.1, -0.05) is 0 Å². The number of hydrogen-bond donors (Lipinski definition) is 1. The van der Waals surface area contributed by atoms with Gasteiger partial charge in [0.25, 0.3) is 5.56 Å². The molecule has 11 nitrogen and oxygen atoms in total. The Morgan fingerprint density at radius 1 is 1.19 bits per heavy atom. The Balaban J connectivity index is 1.25. The van der Waals surface area contributed by atoms with Gasteiger partial charge in [0.15, 0.2) is 17.4 Å². The highest BCUT2D eigenvalue weighted by Crippen LogP contribution is 2.34. The number of carbonyl (C=O) groups is 1. The smallest absolute Gasteiger partial charge is 0.425 e. The van der Waals surface area contributed by atoms with Crippen molar-refractivity contribution in [3.63, 3.8) is 0 Å². The molecule has 2 aromatic rings. The molecule has 2 saturated heterocycles. The number of halogens is 3. The van der Waals surface area contributed by atoms with Gasteiger partial charge in [-0.25, -0.2) is 10.1 Å². The minimum absolute atomic E-state index is 0.0316. The summed E-state index contributed by atoms with van der Waals surface area (Å²) in [5.41, 5.74) is -2.41. The minimum atomic E-state index is -4.92. The number of nitrogens with one attached hydrogen (secondary N) is 1. The van der Waals surface area contributed by atoms with Crippen molar-refractivity contribution in [3.05, 3.63) is 46.0 Å². The number of hydrogen-bond acceptors (Lipinski definition) is 9. The molecule has 2 aromatic heterocycles. The van der Waals surface area contributed by atoms with Crippen LogP contribution in [0.3, 0.4) is 0 Å².